The van der Waals surface area contributed by atoms with Gasteiger partial charge in [-0.2, -0.15) is 0 Å². The molecule has 0 heterocycles. The molecular weight excluding hydrogens is 256 g/mol. The number of benzene rings is 2. The standard InChI is InChI=1S/C20H22O/c1-20(2)14-6-9-18(20)19(21)17-12-10-16(11-13-17)15-7-4-3-5-8-15/h3-5,7-8,10-13,18H,6,9,14H2,1-2H3. The second-order valence-electron chi connectivity index (χ2n) is 6.74. The van der Waals surface area contributed by atoms with Gasteiger partial charge in [-0.15, -0.1) is 0 Å². The zero-order valence-electron chi connectivity index (χ0n) is 12.8. The van der Waals surface area contributed by atoms with E-state index in [2.05, 4.69) is 38.1 Å². The van der Waals surface area contributed by atoms with Gasteiger partial charge < -0.3 is 0 Å². The zero-order valence-corrected chi connectivity index (χ0v) is 12.8. The van der Waals surface area contributed by atoms with Crippen LogP contribution in [0.2, 0.25) is 0 Å². The first-order valence-electron chi connectivity index (χ1n) is 7.78. The topological polar surface area (TPSA) is 17.1 Å². The molecule has 2 aromatic carbocycles. The predicted molar refractivity (Wildman–Crippen MR) is 87.3 cm³/mol. The minimum Gasteiger partial charge on any atom is -0.294 e. The Labute approximate surface area is 127 Å². The van der Waals surface area contributed by atoms with E-state index >= 15 is 0 Å². The lowest BCUT2D eigenvalue weighted by molar-refractivity contribution is 0.0839. The summed E-state index contributed by atoms with van der Waals surface area (Å²) in [6, 6.07) is 18.4. The number of rotatable bonds is 3. The molecule has 1 aliphatic carbocycles. The molecule has 3 rings (SSSR count). The first-order valence-corrected chi connectivity index (χ1v) is 7.78. The molecule has 1 nitrogen and oxygen atoms in total. The number of Topliss-reactive ketones (excluding diaryl/α,β-unsaturated/α-hetero) is 1. The molecule has 1 unspecified atom stereocenters. The maximum Gasteiger partial charge on any atom is 0.166 e. The molecule has 1 heteroatoms. The fourth-order valence-corrected chi connectivity index (χ4v) is 3.47. The summed E-state index contributed by atoms with van der Waals surface area (Å²) >= 11 is 0. The number of hydrogen-bond donors (Lipinski definition) is 0. The van der Waals surface area contributed by atoms with E-state index in [1.54, 1.807) is 0 Å². The van der Waals surface area contributed by atoms with Crippen LogP contribution in [0, 0.1) is 11.3 Å². The normalized spacial score (nSPS) is 20.4. The van der Waals surface area contributed by atoms with Crippen LogP contribution in [0.1, 0.15) is 43.5 Å². The lowest BCUT2D eigenvalue weighted by Crippen LogP contribution is -2.25. The van der Waals surface area contributed by atoms with E-state index in [1.807, 2.05) is 30.3 Å². The van der Waals surface area contributed by atoms with Crippen molar-refractivity contribution in [1.82, 2.24) is 0 Å². The van der Waals surface area contributed by atoms with Crippen LogP contribution in [0.3, 0.4) is 0 Å². The Morgan fingerprint density at radius 3 is 2.14 bits per heavy atom. The highest BCUT2D eigenvalue weighted by molar-refractivity contribution is 5.98. The second kappa shape index (κ2) is 5.48. The minimum atomic E-state index is 0.148. The first kappa shape index (κ1) is 14.1. The molecule has 0 radical (unpaired) electrons. The third-order valence-electron chi connectivity index (χ3n) is 4.85. The van der Waals surface area contributed by atoms with E-state index < -0.39 is 0 Å². The summed E-state index contributed by atoms with van der Waals surface area (Å²) in [5.74, 6) is 0.497. The van der Waals surface area contributed by atoms with Gasteiger partial charge in [0.2, 0.25) is 0 Å². The molecule has 0 spiro atoms. The first-order chi connectivity index (χ1) is 10.1. The molecule has 0 bridgehead atoms. The molecule has 0 saturated heterocycles. The van der Waals surface area contributed by atoms with Crippen molar-refractivity contribution in [3.05, 3.63) is 60.2 Å². The monoisotopic (exact) mass is 278 g/mol. The third kappa shape index (κ3) is 2.78. The number of carbonyl (C=O) groups excluding carboxylic acids is 1. The average Bonchev–Trinajstić information content (AvgIpc) is 2.87. The highest BCUT2D eigenvalue weighted by Crippen LogP contribution is 2.44. The number of carbonyl (C=O) groups is 1. The van der Waals surface area contributed by atoms with Crippen LogP contribution in [-0.2, 0) is 0 Å². The molecule has 0 N–H and O–H groups in total. The van der Waals surface area contributed by atoms with Crippen LogP contribution in [0.5, 0.6) is 0 Å². The molecule has 1 saturated carbocycles. The van der Waals surface area contributed by atoms with Crippen molar-refractivity contribution in [2.24, 2.45) is 11.3 Å². The Bertz CT molecular complexity index is 623. The maximum atomic E-state index is 12.7. The highest BCUT2D eigenvalue weighted by atomic mass is 16.1. The quantitative estimate of drug-likeness (QED) is 0.690. The summed E-state index contributed by atoms with van der Waals surface area (Å²) < 4.78 is 0. The largest absolute Gasteiger partial charge is 0.294 e. The maximum absolute atomic E-state index is 12.7. The summed E-state index contributed by atoms with van der Waals surface area (Å²) in [6.45, 7) is 4.45. The molecule has 0 aromatic heterocycles. The van der Waals surface area contributed by atoms with Crippen molar-refractivity contribution in [2.75, 3.05) is 0 Å². The summed E-state index contributed by atoms with van der Waals surface area (Å²) in [5.41, 5.74) is 3.36. The summed E-state index contributed by atoms with van der Waals surface area (Å²) in [4.78, 5) is 12.7. The van der Waals surface area contributed by atoms with E-state index in [0.29, 0.717) is 5.78 Å². The third-order valence-corrected chi connectivity index (χ3v) is 4.85. The van der Waals surface area contributed by atoms with Crippen molar-refractivity contribution in [3.8, 4) is 11.1 Å². The van der Waals surface area contributed by atoms with Gasteiger partial charge >= 0.3 is 0 Å². The number of ketones is 1. The molecule has 21 heavy (non-hydrogen) atoms. The van der Waals surface area contributed by atoms with Crippen molar-refractivity contribution in [1.29, 1.82) is 0 Å². The molecule has 0 amide bonds. The van der Waals surface area contributed by atoms with Crippen molar-refractivity contribution < 1.29 is 4.79 Å². The van der Waals surface area contributed by atoms with Gasteiger partial charge in [0.05, 0.1) is 0 Å². The lowest BCUT2D eigenvalue weighted by Gasteiger charge is -2.25. The van der Waals surface area contributed by atoms with Gasteiger partial charge in [0.25, 0.3) is 0 Å². The van der Waals surface area contributed by atoms with Gasteiger partial charge in [0.1, 0.15) is 0 Å². The summed E-state index contributed by atoms with van der Waals surface area (Å²) in [6.07, 6.45) is 3.36. The Balaban J connectivity index is 1.83. The van der Waals surface area contributed by atoms with E-state index in [9.17, 15) is 4.79 Å². The van der Waals surface area contributed by atoms with E-state index in [1.165, 1.54) is 12.0 Å². The zero-order chi connectivity index (χ0) is 14.9. The summed E-state index contributed by atoms with van der Waals surface area (Å²) in [7, 11) is 0. The van der Waals surface area contributed by atoms with Crippen LogP contribution >= 0.6 is 0 Å². The van der Waals surface area contributed by atoms with Crippen molar-refractivity contribution in [2.45, 2.75) is 33.1 Å². The van der Waals surface area contributed by atoms with Gasteiger partial charge in [0, 0.05) is 11.5 Å². The highest BCUT2D eigenvalue weighted by Gasteiger charge is 2.39. The Kier molecular flexibility index (Phi) is 3.67. The smallest absolute Gasteiger partial charge is 0.166 e. The number of hydrogen-bond acceptors (Lipinski definition) is 1. The Morgan fingerprint density at radius 2 is 1.57 bits per heavy atom. The Morgan fingerprint density at radius 1 is 0.952 bits per heavy atom. The lowest BCUT2D eigenvalue weighted by atomic mass is 9.77. The van der Waals surface area contributed by atoms with Crippen molar-refractivity contribution in [3.63, 3.8) is 0 Å². The van der Waals surface area contributed by atoms with E-state index in [0.717, 1.165) is 24.0 Å². The van der Waals surface area contributed by atoms with E-state index in [-0.39, 0.29) is 11.3 Å². The molecule has 0 aliphatic heterocycles. The predicted octanol–water partition coefficient (Wildman–Crippen LogP) is 5.36. The van der Waals surface area contributed by atoms with Gasteiger partial charge in [-0.05, 0) is 29.4 Å². The van der Waals surface area contributed by atoms with Crippen LogP contribution in [0.4, 0.5) is 0 Å². The fraction of sp³-hybridized carbons (Fsp3) is 0.350. The Hall–Kier alpha value is -1.89. The van der Waals surface area contributed by atoms with E-state index in [4.69, 9.17) is 0 Å². The molecule has 108 valence electrons. The van der Waals surface area contributed by atoms with Crippen molar-refractivity contribution >= 4 is 5.78 Å². The molecule has 2 aromatic rings. The minimum absolute atomic E-state index is 0.148. The van der Waals surface area contributed by atoms with Gasteiger partial charge in [-0.1, -0.05) is 74.9 Å². The summed E-state index contributed by atoms with van der Waals surface area (Å²) in [5, 5.41) is 0. The fourth-order valence-electron chi connectivity index (χ4n) is 3.47. The van der Waals surface area contributed by atoms with Gasteiger partial charge in [-0.3, -0.25) is 4.79 Å². The molecular formula is C20H22O. The molecule has 1 fully saturated rings. The van der Waals surface area contributed by atoms with Crippen LogP contribution in [0.25, 0.3) is 11.1 Å². The van der Waals surface area contributed by atoms with Crippen LogP contribution in [-0.4, -0.2) is 5.78 Å². The molecule has 1 atom stereocenters. The average molecular weight is 278 g/mol. The van der Waals surface area contributed by atoms with Crippen LogP contribution < -0.4 is 0 Å². The second-order valence-corrected chi connectivity index (χ2v) is 6.74. The molecule has 1 aliphatic rings. The van der Waals surface area contributed by atoms with Gasteiger partial charge in [0.15, 0.2) is 5.78 Å². The SMILES string of the molecule is CC1(C)CCCC1C(=O)c1ccc(-c2ccccc2)cc1. The van der Waals surface area contributed by atoms with Crippen LogP contribution in [0.15, 0.2) is 54.6 Å². The van der Waals surface area contributed by atoms with Gasteiger partial charge in [-0.25, -0.2) is 0 Å².